The van der Waals surface area contributed by atoms with Crippen LogP contribution in [0.4, 0.5) is 4.79 Å². The monoisotopic (exact) mass is 392 g/mol. The number of hydrogen-bond acceptors (Lipinski definition) is 5. The van der Waals surface area contributed by atoms with Crippen molar-refractivity contribution in [1.82, 2.24) is 10.2 Å². The number of aliphatic carboxylic acids is 1. The minimum absolute atomic E-state index is 0.0728. The van der Waals surface area contributed by atoms with Gasteiger partial charge in [0.2, 0.25) is 0 Å². The van der Waals surface area contributed by atoms with Crippen molar-refractivity contribution in [1.29, 1.82) is 0 Å². The highest BCUT2D eigenvalue weighted by molar-refractivity contribution is 9.11. The smallest absolute Gasteiger partial charge is 0.408 e. The van der Waals surface area contributed by atoms with E-state index in [4.69, 9.17) is 9.47 Å². The van der Waals surface area contributed by atoms with Crippen molar-refractivity contribution < 1.29 is 24.2 Å². The van der Waals surface area contributed by atoms with Gasteiger partial charge >= 0.3 is 12.1 Å². The number of carbonyl (C=O) groups is 2. The predicted molar refractivity (Wildman–Crippen MR) is 89.7 cm³/mol. The number of halogens is 1. The Morgan fingerprint density at radius 3 is 2.70 bits per heavy atom. The zero-order valence-electron chi connectivity index (χ0n) is 14.0. The second-order valence-electron chi connectivity index (χ2n) is 6.46. The Bertz CT molecular complexity index is 461. The molecule has 1 heterocycles. The fourth-order valence-corrected chi connectivity index (χ4v) is 2.76. The molecule has 23 heavy (non-hydrogen) atoms. The number of hydrogen-bond donors (Lipinski definition) is 2. The highest BCUT2D eigenvalue weighted by atomic mass is 79.9. The van der Waals surface area contributed by atoms with Crippen LogP contribution in [0.3, 0.4) is 0 Å². The largest absolute Gasteiger partial charge is 0.480 e. The fourth-order valence-electron chi connectivity index (χ4n) is 2.25. The maximum Gasteiger partial charge on any atom is 0.408 e. The molecule has 0 aromatic rings. The lowest BCUT2D eigenvalue weighted by Gasteiger charge is -2.35. The van der Waals surface area contributed by atoms with Crippen molar-refractivity contribution in [3.63, 3.8) is 0 Å². The molecule has 0 bridgehead atoms. The number of rotatable bonds is 6. The number of carbonyl (C=O) groups excluding carboxylic acids is 1. The predicted octanol–water partition coefficient (Wildman–Crippen LogP) is 1.96. The molecule has 0 aliphatic carbocycles. The lowest BCUT2D eigenvalue weighted by Crippen LogP contribution is -2.53. The van der Waals surface area contributed by atoms with E-state index in [2.05, 4.69) is 27.3 Å². The molecule has 2 N–H and O–H groups in total. The van der Waals surface area contributed by atoms with Crippen LogP contribution in [0, 0.1) is 0 Å². The molecule has 0 aromatic heterocycles. The van der Waals surface area contributed by atoms with Crippen LogP contribution < -0.4 is 5.32 Å². The van der Waals surface area contributed by atoms with Crippen LogP contribution in [0.2, 0.25) is 0 Å². The van der Waals surface area contributed by atoms with Crippen LogP contribution in [0.5, 0.6) is 0 Å². The Morgan fingerprint density at radius 2 is 2.17 bits per heavy atom. The summed E-state index contributed by atoms with van der Waals surface area (Å²) < 4.78 is 11.3. The number of carboxylic acids is 1. The summed E-state index contributed by atoms with van der Waals surface area (Å²) >= 11 is 3.44. The Hall–Kier alpha value is -1.12. The van der Waals surface area contributed by atoms with Gasteiger partial charge in [0.15, 0.2) is 0 Å². The maximum absolute atomic E-state index is 11.8. The number of nitrogens with zero attached hydrogens (tertiary/aromatic N) is 1. The van der Waals surface area contributed by atoms with Crippen molar-refractivity contribution in [2.45, 2.75) is 44.9 Å². The normalized spacial score (nSPS) is 20.6. The lowest BCUT2D eigenvalue weighted by atomic mass is 10.1. The number of amides is 1. The van der Waals surface area contributed by atoms with Gasteiger partial charge in [-0.1, -0.05) is 22.0 Å². The van der Waals surface area contributed by atoms with Crippen LogP contribution in [0.15, 0.2) is 10.6 Å². The van der Waals surface area contributed by atoms with Crippen molar-refractivity contribution in [2.75, 3.05) is 26.8 Å². The Morgan fingerprint density at radius 1 is 1.52 bits per heavy atom. The van der Waals surface area contributed by atoms with Gasteiger partial charge in [0, 0.05) is 30.7 Å². The van der Waals surface area contributed by atoms with E-state index in [-0.39, 0.29) is 12.6 Å². The topological polar surface area (TPSA) is 88.1 Å². The van der Waals surface area contributed by atoms with Gasteiger partial charge in [-0.2, -0.15) is 0 Å². The van der Waals surface area contributed by atoms with Gasteiger partial charge in [-0.3, -0.25) is 4.90 Å². The average Bonchev–Trinajstić information content (AvgIpc) is 2.39. The highest BCUT2D eigenvalue weighted by Gasteiger charge is 2.30. The Labute approximate surface area is 145 Å². The van der Waals surface area contributed by atoms with Crippen molar-refractivity contribution in [3.05, 3.63) is 10.6 Å². The fraction of sp³-hybridized carbons (Fsp3) is 0.733. The zero-order chi connectivity index (χ0) is 17.6. The van der Waals surface area contributed by atoms with Gasteiger partial charge in [0.25, 0.3) is 0 Å². The summed E-state index contributed by atoms with van der Waals surface area (Å²) in [4.78, 5) is 25.3. The number of alkyl carbamates (subject to hydrolysis) is 1. The summed E-state index contributed by atoms with van der Waals surface area (Å²) in [6.45, 7) is 6.42. The molecule has 1 amide bonds. The van der Waals surface area contributed by atoms with Gasteiger partial charge in [-0.25, -0.2) is 9.59 Å². The standard InChI is InChI=1S/C15H25BrN2O5/c1-15(2,3)23-14(21)17-12(13(19)20)8-18-7-10(16)5-6-11(18)9-22-4/h5,11-12H,6-9H2,1-4H3,(H,17,21)(H,19,20)/t11-,12?/m1/s1. The van der Waals surface area contributed by atoms with Crippen LogP contribution in [-0.2, 0) is 14.3 Å². The van der Waals surface area contributed by atoms with Gasteiger partial charge in [0.1, 0.15) is 11.6 Å². The summed E-state index contributed by atoms with van der Waals surface area (Å²) in [6.07, 6.45) is 2.07. The van der Waals surface area contributed by atoms with Crippen molar-refractivity contribution in [2.24, 2.45) is 0 Å². The third-order valence-electron chi connectivity index (χ3n) is 3.25. The summed E-state index contributed by atoms with van der Waals surface area (Å²) in [5, 5.41) is 11.8. The number of methoxy groups -OCH3 is 1. The number of ether oxygens (including phenoxy) is 2. The first kappa shape index (κ1) is 19.9. The molecule has 0 radical (unpaired) electrons. The second-order valence-corrected chi connectivity index (χ2v) is 7.48. The van der Waals surface area contributed by atoms with Gasteiger partial charge in [-0.05, 0) is 27.2 Å². The van der Waals surface area contributed by atoms with E-state index in [9.17, 15) is 14.7 Å². The van der Waals surface area contributed by atoms with E-state index in [0.717, 1.165) is 10.9 Å². The first-order valence-electron chi connectivity index (χ1n) is 7.42. The lowest BCUT2D eigenvalue weighted by molar-refractivity contribution is -0.140. The van der Waals surface area contributed by atoms with Crippen LogP contribution in [-0.4, -0.2) is 66.6 Å². The molecule has 0 aromatic carbocycles. The molecule has 132 valence electrons. The molecule has 1 aliphatic heterocycles. The molecule has 1 rings (SSSR count). The van der Waals surface area contributed by atoms with Crippen molar-refractivity contribution >= 4 is 28.0 Å². The molecule has 0 spiro atoms. The van der Waals surface area contributed by atoms with Crippen LogP contribution in [0.1, 0.15) is 27.2 Å². The SMILES string of the molecule is COC[C@H]1CC=C(Br)CN1CC(NC(=O)OC(C)(C)C)C(=O)O. The molecular weight excluding hydrogens is 368 g/mol. The molecule has 7 nitrogen and oxygen atoms in total. The third kappa shape index (κ3) is 7.32. The minimum Gasteiger partial charge on any atom is -0.480 e. The van der Waals surface area contributed by atoms with Gasteiger partial charge in [0.05, 0.1) is 6.61 Å². The molecule has 8 heteroatoms. The minimum atomic E-state index is -1.10. The van der Waals surface area contributed by atoms with E-state index >= 15 is 0 Å². The number of carboxylic acid groups (broad SMARTS) is 1. The molecule has 2 atom stereocenters. The molecule has 0 saturated carbocycles. The molecular formula is C15H25BrN2O5. The molecule has 0 fully saturated rings. The van der Waals surface area contributed by atoms with E-state index in [1.165, 1.54) is 0 Å². The maximum atomic E-state index is 11.8. The van der Waals surface area contributed by atoms with Crippen LogP contribution in [0.25, 0.3) is 0 Å². The average molecular weight is 393 g/mol. The first-order chi connectivity index (χ1) is 10.6. The molecule has 0 saturated heterocycles. The summed E-state index contributed by atoms with van der Waals surface area (Å²) in [6, 6.07) is -0.980. The molecule has 1 aliphatic rings. The third-order valence-corrected chi connectivity index (χ3v) is 3.82. The van der Waals surface area contributed by atoms with Gasteiger partial charge in [-0.15, -0.1) is 0 Å². The van der Waals surface area contributed by atoms with Gasteiger partial charge < -0.3 is 19.9 Å². The van der Waals surface area contributed by atoms with Crippen LogP contribution >= 0.6 is 15.9 Å². The summed E-state index contributed by atoms with van der Waals surface area (Å²) in [5.74, 6) is -1.10. The summed E-state index contributed by atoms with van der Waals surface area (Å²) in [5.41, 5.74) is -0.678. The highest BCUT2D eigenvalue weighted by Crippen LogP contribution is 2.21. The Balaban J connectivity index is 2.72. The quantitative estimate of drug-likeness (QED) is 0.718. The van der Waals surface area contributed by atoms with Crippen molar-refractivity contribution in [3.8, 4) is 0 Å². The molecule has 1 unspecified atom stereocenters. The summed E-state index contributed by atoms with van der Waals surface area (Å²) in [7, 11) is 1.61. The van der Waals surface area contributed by atoms with E-state index in [0.29, 0.717) is 13.2 Å². The number of nitrogens with one attached hydrogen (secondary N) is 1. The van der Waals surface area contributed by atoms with E-state index < -0.39 is 23.7 Å². The van der Waals surface area contributed by atoms with E-state index in [1.807, 2.05) is 4.90 Å². The zero-order valence-corrected chi connectivity index (χ0v) is 15.6. The second kappa shape index (κ2) is 8.65. The van der Waals surface area contributed by atoms with E-state index in [1.54, 1.807) is 27.9 Å². The Kier molecular flexibility index (Phi) is 7.50. The first-order valence-corrected chi connectivity index (χ1v) is 8.21.